The van der Waals surface area contributed by atoms with Crippen molar-refractivity contribution in [2.24, 2.45) is 0 Å². The van der Waals surface area contributed by atoms with Crippen LogP contribution in [-0.2, 0) is 11.3 Å². The molecule has 2 rings (SSSR count). The van der Waals surface area contributed by atoms with Crippen LogP contribution in [0, 0.1) is 13.8 Å². The fourth-order valence-electron chi connectivity index (χ4n) is 1.56. The van der Waals surface area contributed by atoms with Crippen LogP contribution in [0.3, 0.4) is 0 Å². The average molecular weight is 212 g/mol. The molecule has 14 heavy (non-hydrogen) atoms. The van der Waals surface area contributed by atoms with Gasteiger partial charge in [0.15, 0.2) is 0 Å². The largest absolute Gasteiger partial charge is 0.379 e. The minimum Gasteiger partial charge on any atom is -0.379 e. The number of rotatable bonds is 2. The minimum atomic E-state index is 0.864. The number of hydrogen-bond acceptors (Lipinski definition) is 4. The lowest BCUT2D eigenvalue weighted by molar-refractivity contribution is 0.0341. The molecule has 0 spiro atoms. The van der Waals surface area contributed by atoms with Crippen molar-refractivity contribution in [1.29, 1.82) is 0 Å². The van der Waals surface area contributed by atoms with Crippen molar-refractivity contribution in [3.05, 3.63) is 15.6 Å². The van der Waals surface area contributed by atoms with Gasteiger partial charge in [-0.05, 0) is 13.8 Å². The van der Waals surface area contributed by atoms with Crippen molar-refractivity contribution in [3.8, 4) is 0 Å². The highest BCUT2D eigenvalue weighted by Crippen LogP contribution is 2.18. The summed E-state index contributed by atoms with van der Waals surface area (Å²) in [6, 6.07) is 0. The normalized spacial score (nSPS) is 18.7. The molecule has 3 nitrogen and oxygen atoms in total. The highest BCUT2D eigenvalue weighted by Gasteiger charge is 2.13. The van der Waals surface area contributed by atoms with E-state index in [1.807, 2.05) is 11.3 Å². The van der Waals surface area contributed by atoms with E-state index in [9.17, 15) is 0 Å². The van der Waals surface area contributed by atoms with E-state index in [-0.39, 0.29) is 0 Å². The van der Waals surface area contributed by atoms with Gasteiger partial charge in [-0.25, -0.2) is 4.98 Å². The van der Waals surface area contributed by atoms with Crippen LogP contribution in [0.2, 0.25) is 0 Å². The molecular weight excluding hydrogens is 196 g/mol. The number of nitrogens with zero attached hydrogens (tertiary/aromatic N) is 2. The minimum absolute atomic E-state index is 0.864. The Bertz CT molecular complexity index is 286. The maximum absolute atomic E-state index is 5.31. The summed E-state index contributed by atoms with van der Waals surface area (Å²) in [5.74, 6) is 0. The topological polar surface area (TPSA) is 25.4 Å². The first-order valence-electron chi connectivity index (χ1n) is 4.99. The van der Waals surface area contributed by atoms with Gasteiger partial charge in [-0.2, -0.15) is 0 Å². The molecule has 0 saturated carbocycles. The average Bonchev–Trinajstić information content (AvgIpc) is 2.47. The Morgan fingerprint density at radius 3 is 2.64 bits per heavy atom. The summed E-state index contributed by atoms with van der Waals surface area (Å²) in [6.45, 7) is 9.01. The second-order valence-electron chi connectivity index (χ2n) is 3.64. The predicted molar refractivity (Wildman–Crippen MR) is 57.7 cm³/mol. The van der Waals surface area contributed by atoms with Gasteiger partial charge < -0.3 is 4.74 Å². The smallest absolute Gasteiger partial charge is 0.107 e. The lowest BCUT2D eigenvalue weighted by atomic mass is 10.4. The molecule has 1 aliphatic heterocycles. The third kappa shape index (κ3) is 2.32. The van der Waals surface area contributed by atoms with Crippen LogP contribution in [0.1, 0.15) is 15.6 Å². The standard InChI is InChI=1S/C10H16N2OS/c1-8-9(2)14-10(11-8)7-12-3-5-13-6-4-12/h3-7H2,1-2H3. The van der Waals surface area contributed by atoms with Gasteiger partial charge in [0.2, 0.25) is 0 Å². The van der Waals surface area contributed by atoms with Crippen molar-refractivity contribution >= 4 is 11.3 Å². The maximum Gasteiger partial charge on any atom is 0.107 e. The molecule has 0 N–H and O–H groups in total. The molecule has 0 unspecified atom stereocenters. The molecule has 2 heterocycles. The van der Waals surface area contributed by atoms with Gasteiger partial charge in [-0.1, -0.05) is 0 Å². The number of thiazole rings is 1. The Morgan fingerprint density at radius 1 is 1.36 bits per heavy atom. The summed E-state index contributed by atoms with van der Waals surface area (Å²) in [6.07, 6.45) is 0. The number of morpholine rings is 1. The van der Waals surface area contributed by atoms with Gasteiger partial charge in [0.05, 0.1) is 25.5 Å². The molecule has 1 fully saturated rings. The maximum atomic E-state index is 5.31. The SMILES string of the molecule is Cc1nc(CN2CCOCC2)sc1C. The molecule has 1 aromatic heterocycles. The molecule has 0 aliphatic carbocycles. The molecule has 1 aliphatic rings. The number of aromatic nitrogens is 1. The van der Waals surface area contributed by atoms with E-state index in [0.717, 1.165) is 32.8 Å². The van der Waals surface area contributed by atoms with E-state index in [1.54, 1.807) is 0 Å². The van der Waals surface area contributed by atoms with Crippen LogP contribution < -0.4 is 0 Å². The van der Waals surface area contributed by atoms with E-state index < -0.39 is 0 Å². The van der Waals surface area contributed by atoms with E-state index >= 15 is 0 Å². The Labute approximate surface area is 88.7 Å². The predicted octanol–water partition coefficient (Wildman–Crippen LogP) is 1.59. The van der Waals surface area contributed by atoms with Gasteiger partial charge in [0.1, 0.15) is 5.01 Å². The Hall–Kier alpha value is -0.450. The number of hydrogen-bond donors (Lipinski definition) is 0. The van der Waals surface area contributed by atoms with Crippen LogP contribution in [0.5, 0.6) is 0 Å². The van der Waals surface area contributed by atoms with E-state index in [1.165, 1.54) is 15.6 Å². The Kier molecular flexibility index (Phi) is 3.15. The molecule has 0 atom stereocenters. The summed E-state index contributed by atoms with van der Waals surface area (Å²) < 4.78 is 5.31. The quantitative estimate of drug-likeness (QED) is 0.744. The zero-order valence-corrected chi connectivity index (χ0v) is 9.56. The van der Waals surface area contributed by atoms with Crippen molar-refractivity contribution in [3.63, 3.8) is 0 Å². The van der Waals surface area contributed by atoms with Crippen LogP contribution >= 0.6 is 11.3 Å². The van der Waals surface area contributed by atoms with Gasteiger partial charge in [0, 0.05) is 18.0 Å². The van der Waals surface area contributed by atoms with Crippen LogP contribution in [0.4, 0.5) is 0 Å². The van der Waals surface area contributed by atoms with Crippen LogP contribution in [-0.4, -0.2) is 36.2 Å². The molecule has 4 heteroatoms. The van der Waals surface area contributed by atoms with E-state index in [2.05, 4.69) is 23.7 Å². The lowest BCUT2D eigenvalue weighted by Crippen LogP contribution is -2.35. The summed E-state index contributed by atoms with van der Waals surface area (Å²) in [4.78, 5) is 8.29. The zero-order valence-electron chi connectivity index (χ0n) is 8.75. The lowest BCUT2D eigenvalue weighted by Gasteiger charge is -2.25. The van der Waals surface area contributed by atoms with Crippen molar-refractivity contribution in [1.82, 2.24) is 9.88 Å². The third-order valence-corrected chi connectivity index (χ3v) is 3.59. The highest BCUT2D eigenvalue weighted by molar-refractivity contribution is 7.11. The Balaban J connectivity index is 1.95. The molecule has 78 valence electrons. The summed E-state index contributed by atoms with van der Waals surface area (Å²) in [5.41, 5.74) is 1.18. The molecule has 1 aromatic rings. The zero-order chi connectivity index (χ0) is 9.97. The summed E-state index contributed by atoms with van der Waals surface area (Å²) in [5, 5.41) is 1.24. The second kappa shape index (κ2) is 4.38. The summed E-state index contributed by atoms with van der Waals surface area (Å²) in [7, 11) is 0. The molecule has 0 bridgehead atoms. The van der Waals surface area contributed by atoms with Crippen molar-refractivity contribution in [2.45, 2.75) is 20.4 Å². The summed E-state index contributed by atoms with van der Waals surface area (Å²) >= 11 is 1.81. The molecule has 0 aromatic carbocycles. The molecular formula is C10H16N2OS. The van der Waals surface area contributed by atoms with Crippen molar-refractivity contribution in [2.75, 3.05) is 26.3 Å². The van der Waals surface area contributed by atoms with E-state index in [4.69, 9.17) is 4.74 Å². The highest BCUT2D eigenvalue weighted by atomic mass is 32.1. The Morgan fingerprint density at radius 2 is 2.07 bits per heavy atom. The van der Waals surface area contributed by atoms with Crippen LogP contribution in [0.25, 0.3) is 0 Å². The second-order valence-corrected chi connectivity index (χ2v) is 4.93. The van der Waals surface area contributed by atoms with Gasteiger partial charge in [-0.15, -0.1) is 11.3 Å². The van der Waals surface area contributed by atoms with Crippen molar-refractivity contribution < 1.29 is 4.74 Å². The number of aryl methyl sites for hydroxylation is 2. The van der Waals surface area contributed by atoms with Gasteiger partial charge in [-0.3, -0.25) is 4.90 Å². The number of ether oxygens (including phenoxy) is 1. The fraction of sp³-hybridized carbons (Fsp3) is 0.700. The molecule has 0 radical (unpaired) electrons. The molecule has 1 saturated heterocycles. The van der Waals surface area contributed by atoms with E-state index in [0.29, 0.717) is 0 Å². The van der Waals surface area contributed by atoms with Crippen LogP contribution in [0.15, 0.2) is 0 Å². The first-order chi connectivity index (χ1) is 6.75. The van der Waals surface area contributed by atoms with Gasteiger partial charge in [0.25, 0.3) is 0 Å². The monoisotopic (exact) mass is 212 g/mol. The van der Waals surface area contributed by atoms with Gasteiger partial charge >= 0.3 is 0 Å². The fourth-order valence-corrected chi connectivity index (χ4v) is 2.53. The molecule has 0 amide bonds. The first kappa shape index (κ1) is 10.1. The third-order valence-electron chi connectivity index (χ3n) is 2.54. The first-order valence-corrected chi connectivity index (χ1v) is 5.80.